The van der Waals surface area contributed by atoms with Crippen molar-refractivity contribution >= 4 is 5.97 Å². The van der Waals surface area contributed by atoms with Crippen molar-refractivity contribution in [1.82, 2.24) is 0 Å². The van der Waals surface area contributed by atoms with E-state index in [-0.39, 0.29) is 11.5 Å². The summed E-state index contributed by atoms with van der Waals surface area (Å²) < 4.78 is 10.1. The van der Waals surface area contributed by atoms with E-state index in [9.17, 15) is 9.90 Å². The maximum atomic E-state index is 10.7. The van der Waals surface area contributed by atoms with E-state index in [1.807, 2.05) is 0 Å². The van der Waals surface area contributed by atoms with Gasteiger partial charge in [-0.1, -0.05) is 12.1 Å². The fraction of sp³-hybridized carbons (Fsp3) is 0.154. The molecule has 0 bridgehead atoms. The average Bonchev–Trinajstić information content (AvgIpc) is 2.87. The summed E-state index contributed by atoms with van der Waals surface area (Å²) in [4.78, 5) is 10.7. The first-order valence-electron chi connectivity index (χ1n) is 5.27. The summed E-state index contributed by atoms with van der Waals surface area (Å²) in [5.41, 5.74) is 0.570. The molecule has 0 saturated carbocycles. The number of furan rings is 1. The van der Waals surface area contributed by atoms with E-state index in [4.69, 9.17) is 14.3 Å². The van der Waals surface area contributed by atoms with Crippen LogP contribution in [0.15, 0.2) is 40.8 Å². The van der Waals surface area contributed by atoms with Gasteiger partial charge in [-0.05, 0) is 29.8 Å². The van der Waals surface area contributed by atoms with Crippen LogP contribution in [0, 0.1) is 0 Å². The second-order valence-corrected chi connectivity index (χ2v) is 3.69. The Kier molecular flexibility index (Phi) is 3.34. The molecule has 94 valence electrons. The Morgan fingerprint density at radius 1 is 1.33 bits per heavy atom. The molecule has 0 spiro atoms. The molecule has 1 aromatic heterocycles. The lowest BCUT2D eigenvalue weighted by Crippen LogP contribution is -1.99. The van der Waals surface area contributed by atoms with E-state index in [0.29, 0.717) is 11.3 Å². The van der Waals surface area contributed by atoms with Crippen LogP contribution in [0.25, 0.3) is 0 Å². The molecule has 2 aromatic rings. The largest absolute Gasteiger partial charge is 0.497 e. The van der Waals surface area contributed by atoms with E-state index in [0.717, 1.165) is 0 Å². The fourth-order valence-electron chi connectivity index (χ4n) is 1.59. The second-order valence-electron chi connectivity index (χ2n) is 3.69. The summed E-state index contributed by atoms with van der Waals surface area (Å²) in [7, 11) is 1.53. The van der Waals surface area contributed by atoms with Gasteiger partial charge in [-0.3, -0.25) is 0 Å². The Labute approximate surface area is 103 Å². The number of hydrogen-bond donors (Lipinski definition) is 2. The first-order valence-corrected chi connectivity index (χ1v) is 5.27. The Morgan fingerprint density at radius 2 is 2.11 bits per heavy atom. The van der Waals surface area contributed by atoms with Crippen LogP contribution in [-0.4, -0.2) is 23.3 Å². The fourth-order valence-corrected chi connectivity index (χ4v) is 1.59. The third kappa shape index (κ3) is 2.36. The first-order chi connectivity index (χ1) is 8.61. The van der Waals surface area contributed by atoms with Crippen molar-refractivity contribution < 1.29 is 24.2 Å². The van der Waals surface area contributed by atoms with Crippen molar-refractivity contribution in [1.29, 1.82) is 0 Å². The quantitative estimate of drug-likeness (QED) is 0.865. The van der Waals surface area contributed by atoms with Crippen LogP contribution < -0.4 is 4.74 Å². The van der Waals surface area contributed by atoms with Crippen LogP contribution in [0.4, 0.5) is 0 Å². The van der Waals surface area contributed by atoms with Gasteiger partial charge < -0.3 is 19.4 Å². The van der Waals surface area contributed by atoms with Crippen LogP contribution in [-0.2, 0) is 0 Å². The molecule has 2 N–H and O–H groups in total. The predicted molar refractivity (Wildman–Crippen MR) is 62.7 cm³/mol. The summed E-state index contributed by atoms with van der Waals surface area (Å²) >= 11 is 0. The number of aromatic carboxylic acids is 1. The number of benzene rings is 1. The molecule has 5 nitrogen and oxygen atoms in total. The van der Waals surface area contributed by atoms with Gasteiger partial charge in [0, 0.05) is 0 Å². The molecule has 5 heteroatoms. The van der Waals surface area contributed by atoms with Crippen LogP contribution in [0.3, 0.4) is 0 Å². The molecule has 2 rings (SSSR count). The average molecular weight is 248 g/mol. The predicted octanol–water partition coefficient (Wildman–Crippen LogP) is 2.07. The van der Waals surface area contributed by atoms with Crippen molar-refractivity contribution in [2.75, 3.05) is 7.11 Å². The van der Waals surface area contributed by atoms with E-state index in [1.165, 1.54) is 19.2 Å². The monoisotopic (exact) mass is 248 g/mol. The molecule has 0 aliphatic rings. The molecule has 0 amide bonds. The molecule has 0 radical (unpaired) electrons. The van der Waals surface area contributed by atoms with Gasteiger partial charge in [0.2, 0.25) is 5.76 Å². The van der Waals surface area contributed by atoms with E-state index in [2.05, 4.69) is 0 Å². The number of aliphatic hydroxyl groups excluding tert-OH is 1. The van der Waals surface area contributed by atoms with E-state index >= 15 is 0 Å². The molecule has 18 heavy (non-hydrogen) atoms. The highest BCUT2D eigenvalue weighted by Crippen LogP contribution is 2.26. The smallest absolute Gasteiger partial charge is 0.371 e. The lowest BCUT2D eigenvalue weighted by Gasteiger charge is -2.09. The molecule has 0 aliphatic heterocycles. The lowest BCUT2D eigenvalue weighted by atomic mass is 10.1. The normalized spacial score (nSPS) is 12.1. The minimum absolute atomic E-state index is 0.181. The SMILES string of the molecule is COc1cccc(C(O)c2ccc(C(=O)O)o2)c1. The third-order valence-corrected chi connectivity index (χ3v) is 2.52. The van der Waals surface area contributed by atoms with Gasteiger partial charge in [0.15, 0.2) is 0 Å². The summed E-state index contributed by atoms with van der Waals surface area (Å²) in [6, 6.07) is 9.60. The van der Waals surface area contributed by atoms with Crippen molar-refractivity contribution in [3.8, 4) is 5.75 Å². The van der Waals surface area contributed by atoms with Crippen molar-refractivity contribution in [2.45, 2.75) is 6.10 Å². The summed E-state index contributed by atoms with van der Waals surface area (Å²) in [5.74, 6) is -0.580. The first kappa shape index (κ1) is 12.2. The molecule has 1 aromatic carbocycles. The number of aliphatic hydroxyl groups is 1. The molecule has 1 heterocycles. The van der Waals surface area contributed by atoms with Gasteiger partial charge in [0.05, 0.1) is 7.11 Å². The maximum Gasteiger partial charge on any atom is 0.371 e. The van der Waals surface area contributed by atoms with Gasteiger partial charge in [-0.15, -0.1) is 0 Å². The number of carboxylic acids is 1. The molecular formula is C13H12O5. The van der Waals surface area contributed by atoms with Crippen LogP contribution >= 0.6 is 0 Å². The molecule has 1 atom stereocenters. The topological polar surface area (TPSA) is 79.9 Å². The van der Waals surface area contributed by atoms with Crippen molar-refractivity contribution in [3.63, 3.8) is 0 Å². The Bertz CT molecular complexity index is 558. The highest BCUT2D eigenvalue weighted by molar-refractivity contribution is 5.84. The highest BCUT2D eigenvalue weighted by atomic mass is 16.5. The van der Waals surface area contributed by atoms with E-state index in [1.54, 1.807) is 24.3 Å². The Balaban J connectivity index is 2.28. The molecule has 0 aliphatic carbocycles. The minimum atomic E-state index is -1.17. The maximum absolute atomic E-state index is 10.7. The molecule has 1 unspecified atom stereocenters. The van der Waals surface area contributed by atoms with Crippen molar-refractivity contribution in [3.05, 3.63) is 53.5 Å². The van der Waals surface area contributed by atoms with Gasteiger partial charge >= 0.3 is 5.97 Å². The van der Waals surface area contributed by atoms with Crippen LogP contribution in [0.1, 0.15) is 28.0 Å². The number of methoxy groups -OCH3 is 1. The Morgan fingerprint density at radius 3 is 2.72 bits per heavy atom. The summed E-state index contributed by atoms with van der Waals surface area (Å²) in [6.45, 7) is 0. The zero-order valence-electron chi connectivity index (χ0n) is 9.66. The Hall–Kier alpha value is -2.27. The summed E-state index contributed by atoms with van der Waals surface area (Å²) in [5, 5.41) is 18.8. The number of hydrogen-bond acceptors (Lipinski definition) is 4. The minimum Gasteiger partial charge on any atom is -0.497 e. The number of ether oxygens (including phenoxy) is 1. The second kappa shape index (κ2) is 4.93. The standard InChI is InChI=1S/C13H12O5/c1-17-9-4-2-3-8(7-9)12(14)10-5-6-11(18-10)13(15)16/h2-7,12,14H,1H3,(H,15,16). The molecular weight excluding hydrogens is 236 g/mol. The molecule has 0 saturated heterocycles. The third-order valence-electron chi connectivity index (χ3n) is 2.52. The van der Waals surface area contributed by atoms with Gasteiger partial charge in [-0.2, -0.15) is 0 Å². The lowest BCUT2D eigenvalue weighted by molar-refractivity contribution is 0.0655. The van der Waals surface area contributed by atoms with Gasteiger partial charge in [-0.25, -0.2) is 4.79 Å². The zero-order valence-corrected chi connectivity index (χ0v) is 9.66. The number of rotatable bonds is 4. The van der Waals surface area contributed by atoms with Gasteiger partial charge in [0.25, 0.3) is 0 Å². The number of carbonyl (C=O) groups is 1. The summed E-state index contributed by atoms with van der Waals surface area (Å²) in [6.07, 6.45) is -1.02. The molecule has 0 fully saturated rings. The van der Waals surface area contributed by atoms with Crippen LogP contribution in [0.5, 0.6) is 5.75 Å². The van der Waals surface area contributed by atoms with Crippen LogP contribution in [0.2, 0.25) is 0 Å². The number of carboxylic acid groups (broad SMARTS) is 1. The van der Waals surface area contributed by atoms with E-state index < -0.39 is 12.1 Å². The van der Waals surface area contributed by atoms with Gasteiger partial charge in [0.1, 0.15) is 17.6 Å². The van der Waals surface area contributed by atoms with Crippen molar-refractivity contribution in [2.24, 2.45) is 0 Å². The highest BCUT2D eigenvalue weighted by Gasteiger charge is 2.17. The zero-order chi connectivity index (χ0) is 13.1.